The molecular formula is C13H8N2O3. The van der Waals surface area contributed by atoms with Crippen molar-refractivity contribution in [2.75, 3.05) is 0 Å². The van der Waals surface area contributed by atoms with E-state index in [9.17, 15) is 9.59 Å². The highest BCUT2D eigenvalue weighted by Crippen LogP contribution is 2.14. The van der Waals surface area contributed by atoms with Gasteiger partial charge in [0.05, 0.1) is 10.9 Å². The lowest BCUT2D eigenvalue weighted by Crippen LogP contribution is -2.07. The second-order valence-corrected chi connectivity index (χ2v) is 3.92. The van der Waals surface area contributed by atoms with Crippen LogP contribution < -0.4 is 5.43 Å². The number of aromatic amines is 1. The van der Waals surface area contributed by atoms with Gasteiger partial charge in [0.1, 0.15) is 5.69 Å². The maximum Gasteiger partial charge on any atom is 0.354 e. The number of carbonyl (C=O) groups is 1. The Morgan fingerprint density at radius 1 is 1.17 bits per heavy atom. The van der Waals surface area contributed by atoms with Gasteiger partial charge in [-0.3, -0.25) is 4.79 Å². The van der Waals surface area contributed by atoms with Crippen molar-refractivity contribution >= 4 is 27.8 Å². The minimum absolute atomic E-state index is 0.0894. The molecule has 3 aromatic rings. The molecule has 0 fully saturated rings. The van der Waals surface area contributed by atoms with E-state index in [1.165, 1.54) is 12.3 Å². The predicted molar refractivity (Wildman–Crippen MR) is 66.8 cm³/mol. The van der Waals surface area contributed by atoms with Crippen molar-refractivity contribution in [1.29, 1.82) is 0 Å². The van der Waals surface area contributed by atoms with Crippen molar-refractivity contribution < 1.29 is 9.90 Å². The van der Waals surface area contributed by atoms with E-state index >= 15 is 0 Å². The summed E-state index contributed by atoms with van der Waals surface area (Å²) >= 11 is 0. The van der Waals surface area contributed by atoms with Gasteiger partial charge in [-0.1, -0.05) is 12.1 Å². The standard InChI is InChI=1S/C13H8N2O3/c16-12-7-3-1-2-4-9(7)15-10-5-11(13(17)18)14-6-8(10)12/h1-6H,(H,15,16)(H,17,18). The van der Waals surface area contributed by atoms with Crippen LogP contribution in [0.3, 0.4) is 0 Å². The number of aromatic carboxylic acids is 1. The highest BCUT2D eigenvalue weighted by Gasteiger charge is 2.09. The van der Waals surface area contributed by atoms with Crippen LogP contribution in [-0.2, 0) is 0 Å². The van der Waals surface area contributed by atoms with Gasteiger partial charge in [-0.2, -0.15) is 0 Å². The number of hydrogen-bond donors (Lipinski definition) is 2. The summed E-state index contributed by atoms with van der Waals surface area (Å²) in [6.45, 7) is 0. The molecule has 3 rings (SSSR count). The fourth-order valence-electron chi connectivity index (χ4n) is 1.94. The first-order valence-corrected chi connectivity index (χ1v) is 5.31. The van der Waals surface area contributed by atoms with Crippen LogP contribution in [0.4, 0.5) is 0 Å². The molecule has 18 heavy (non-hydrogen) atoms. The summed E-state index contributed by atoms with van der Waals surface area (Å²) in [6.07, 6.45) is 1.30. The average molecular weight is 240 g/mol. The molecule has 0 aliphatic rings. The summed E-state index contributed by atoms with van der Waals surface area (Å²) in [4.78, 5) is 29.8. The van der Waals surface area contributed by atoms with Gasteiger partial charge < -0.3 is 10.1 Å². The van der Waals surface area contributed by atoms with Crippen LogP contribution >= 0.6 is 0 Å². The fraction of sp³-hybridized carbons (Fsp3) is 0. The molecule has 5 heteroatoms. The maximum absolute atomic E-state index is 12.2. The Morgan fingerprint density at radius 2 is 1.94 bits per heavy atom. The van der Waals surface area contributed by atoms with Crippen LogP contribution in [0.15, 0.2) is 41.3 Å². The lowest BCUT2D eigenvalue weighted by atomic mass is 10.1. The molecule has 0 amide bonds. The third kappa shape index (κ3) is 1.45. The van der Waals surface area contributed by atoms with E-state index in [0.29, 0.717) is 21.8 Å². The van der Waals surface area contributed by atoms with Crippen LogP contribution in [0.1, 0.15) is 10.5 Å². The van der Waals surface area contributed by atoms with E-state index in [4.69, 9.17) is 5.11 Å². The van der Waals surface area contributed by atoms with Gasteiger partial charge >= 0.3 is 5.97 Å². The summed E-state index contributed by atoms with van der Waals surface area (Å²) in [6, 6.07) is 8.45. The summed E-state index contributed by atoms with van der Waals surface area (Å²) in [7, 11) is 0. The molecule has 0 saturated carbocycles. The first-order valence-electron chi connectivity index (χ1n) is 5.31. The molecule has 0 spiro atoms. The zero-order valence-electron chi connectivity index (χ0n) is 9.18. The quantitative estimate of drug-likeness (QED) is 0.635. The number of pyridine rings is 2. The van der Waals surface area contributed by atoms with Crippen LogP contribution in [0.25, 0.3) is 21.8 Å². The molecule has 2 heterocycles. The predicted octanol–water partition coefficient (Wildman–Crippen LogP) is 1.77. The van der Waals surface area contributed by atoms with Crippen LogP contribution in [0, 0.1) is 0 Å². The van der Waals surface area contributed by atoms with Crippen molar-refractivity contribution in [2.45, 2.75) is 0 Å². The summed E-state index contributed by atoms with van der Waals surface area (Å²) in [5.41, 5.74) is 0.917. The highest BCUT2D eigenvalue weighted by atomic mass is 16.4. The monoisotopic (exact) mass is 240 g/mol. The number of H-pyrrole nitrogens is 1. The molecule has 0 saturated heterocycles. The molecule has 0 atom stereocenters. The molecule has 0 aliphatic heterocycles. The van der Waals surface area contributed by atoms with Crippen molar-refractivity contribution in [3.05, 3.63) is 52.4 Å². The molecule has 2 N–H and O–H groups in total. The van der Waals surface area contributed by atoms with Gasteiger partial charge in [-0.15, -0.1) is 0 Å². The minimum Gasteiger partial charge on any atom is -0.477 e. The van der Waals surface area contributed by atoms with E-state index in [1.807, 2.05) is 6.07 Å². The van der Waals surface area contributed by atoms with E-state index in [0.717, 1.165) is 0 Å². The van der Waals surface area contributed by atoms with Gasteiger partial charge in [0.2, 0.25) is 0 Å². The van der Waals surface area contributed by atoms with E-state index in [2.05, 4.69) is 9.97 Å². The molecular weight excluding hydrogens is 232 g/mol. The number of nitrogens with one attached hydrogen (secondary N) is 1. The molecule has 0 unspecified atom stereocenters. The number of carboxylic acid groups (broad SMARTS) is 1. The average Bonchev–Trinajstić information content (AvgIpc) is 2.38. The van der Waals surface area contributed by atoms with E-state index in [1.54, 1.807) is 18.2 Å². The Hall–Kier alpha value is -2.69. The van der Waals surface area contributed by atoms with Crippen molar-refractivity contribution in [2.24, 2.45) is 0 Å². The SMILES string of the molecule is O=C(O)c1cc2[nH]c3ccccc3c(=O)c2cn1. The molecule has 2 aromatic heterocycles. The van der Waals surface area contributed by atoms with Gasteiger partial charge in [0.15, 0.2) is 5.43 Å². The zero-order chi connectivity index (χ0) is 12.7. The van der Waals surface area contributed by atoms with Crippen molar-refractivity contribution in [1.82, 2.24) is 9.97 Å². The summed E-state index contributed by atoms with van der Waals surface area (Å²) in [5.74, 6) is -1.12. The third-order valence-electron chi connectivity index (χ3n) is 2.81. The molecule has 0 radical (unpaired) electrons. The fourth-order valence-corrected chi connectivity index (χ4v) is 1.94. The highest BCUT2D eigenvalue weighted by molar-refractivity contribution is 5.95. The first-order chi connectivity index (χ1) is 8.66. The minimum atomic E-state index is -1.12. The van der Waals surface area contributed by atoms with Crippen molar-refractivity contribution in [3.8, 4) is 0 Å². The second kappa shape index (κ2) is 3.66. The normalized spacial score (nSPS) is 10.9. The van der Waals surface area contributed by atoms with Gasteiger partial charge in [0.25, 0.3) is 0 Å². The van der Waals surface area contributed by atoms with Gasteiger partial charge in [0, 0.05) is 17.1 Å². The number of hydrogen-bond acceptors (Lipinski definition) is 3. The van der Waals surface area contributed by atoms with E-state index < -0.39 is 5.97 Å². The lowest BCUT2D eigenvalue weighted by molar-refractivity contribution is 0.0690. The number of carboxylic acids is 1. The number of benzene rings is 1. The topological polar surface area (TPSA) is 83.0 Å². The molecule has 88 valence electrons. The Labute approximate surface area is 101 Å². The number of aromatic nitrogens is 2. The Balaban J connectivity index is 2.48. The number of nitrogens with zero attached hydrogens (tertiary/aromatic N) is 1. The lowest BCUT2D eigenvalue weighted by Gasteiger charge is -2.02. The smallest absolute Gasteiger partial charge is 0.354 e. The first kappa shape index (κ1) is 10.5. The van der Waals surface area contributed by atoms with Crippen LogP contribution in [0.2, 0.25) is 0 Å². The summed E-state index contributed by atoms with van der Waals surface area (Å²) in [5, 5.41) is 9.82. The third-order valence-corrected chi connectivity index (χ3v) is 2.81. The van der Waals surface area contributed by atoms with Gasteiger partial charge in [-0.25, -0.2) is 9.78 Å². The van der Waals surface area contributed by atoms with Crippen LogP contribution in [-0.4, -0.2) is 21.0 Å². The number of rotatable bonds is 1. The Bertz CT molecular complexity index is 836. The molecule has 0 bridgehead atoms. The Morgan fingerprint density at radius 3 is 2.72 bits per heavy atom. The molecule has 1 aromatic carbocycles. The summed E-state index contributed by atoms with van der Waals surface area (Å²) < 4.78 is 0. The number of fused-ring (bicyclic) bond motifs is 2. The zero-order valence-corrected chi connectivity index (χ0v) is 9.18. The maximum atomic E-state index is 12.2. The molecule has 5 nitrogen and oxygen atoms in total. The number of para-hydroxylation sites is 1. The van der Waals surface area contributed by atoms with Gasteiger partial charge in [-0.05, 0) is 18.2 Å². The largest absolute Gasteiger partial charge is 0.477 e. The van der Waals surface area contributed by atoms with Crippen molar-refractivity contribution in [3.63, 3.8) is 0 Å². The van der Waals surface area contributed by atoms with Crippen LogP contribution in [0.5, 0.6) is 0 Å². The Kier molecular flexibility index (Phi) is 2.13. The van der Waals surface area contributed by atoms with E-state index in [-0.39, 0.29) is 11.1 Å². The molecule has 0 aliphatic carbocycles. The second-order valence-electron chi connectivity index (χ2n) is 3.92.